The Morgan fingerprint density at radius 2 is 1.79 bits per heavy atom. The van der Waals surface area contributed by atoms with Crippen LogP contribution in [0.1, 0.15) is 69.8 Å². The molecule has 1 aromatic carbocycles. The Hall–Kier alpha value is -1.09. The van der Waals surface area contributed by atoms with Crippen molar-refractivity contribution < 1.29 is 13.9 Å². The molecule has 0 N–H and O–H groups in total. The van der Waals surface area contributed by atoms with Crippen molar-refractivity contribution in [3.63, 3.8) is 0 Å². The molecular formula is C21H31FO2. The molecule has 1 heterocycles. The average molecular weight is 334 g/mol. The third kappa shape index (κ3) is 4.50. The number of halogens is 1. The summed E-state index contributed by atoms with van der Waals surface area (Å²) in [5.74, 6) is 2.80. The van der Waals surface area contributed by atoms with Gasteiger partial charge in [-0.3, -0.25) is 0 Å². The summed E-state index contributed by atoms with van der Waals surface area (Å²) in [6.45, 7) is 2.49. The molecule has 0 aromatic heterocycles. The Morgan fingerprint density at radius 1 is 1.04 bits per heavy atom. The summed E-state index contributed by atoms with van der Waals surface area (Å²) in [6.07, 6.45) is 10.7. The van der Waals surface area contributed by atoms with Crippen LogP contribution in [0.15, 0.2) is 24.3 Å². The number of ether oxygens (including phenoxy) is 2. The molecule has 0 radical (unpaired) electrons. The highest BCUT2D eigenvalue weighted by molar-refractivity contribution is 5.29. The average Bonchev–Trinajstić information content (AvgIpc) is 2.64. The van der Waals surface area contributed by atoms with Crippen molar-refractivity contribution in [1.82, 2.24) is 0 Å². The van der Waals surface area contributed by atoms with Crippen molar-refractivity contribution in [2.24, 2.45) is 11.8 Å². The molecule has 3 heteroatoms. The number of hydrogen-bond donors (Lipinski definition) is 0. The van der Waals surface area contributed by atoms with E-state index in [9.17, 15) is 4.39 Å². The standard InChI is InChI=1S/C21H31FO2/c1-2-3-16-4-13-21(23-14-16)19-7-5-17(6-8-19)18-9-11-20(12-10-18)24-15-22/h9-12,16-17,19,21H,2-8,13-15H2,1H3. The highest BCUT2D eigenvalue weighted by atomic mass is 19.1. The van der Waals surface area contributed by atoms with Gasteiger partial charge in [-0.25, -0.2) is 4.39 Å². The Kier molecular flexibility index (Phi) is 6.53. The molecule has 1 saturated carbocycles. The van der Waals surface area contributed by atoms with Crippen LogP contribution >= 0.6 is 0 Å². The summed E-state index contributed by atoms with van der Waals surface area (Å²) >= 11 is 0. The molecule has 2 unspecified atom stereocenters. The van der Waals surface area contributed by atoms with E-state index in [2.05, 4.69) is 19.1 Å². The van der Waals surface area contributed by atoms with Gasteiger partial charge in [0.1, 0.15) is 5.75 Å². The molecule has 134 valence electrons. The van der Waals surface area contributed by atoms with Crippen LogP contribution < -0.4 is 4.74 Å². The first kappa shape index (κ1) is 17.7. The lowest BCUT2D eigenvalue weighted by atomic mass is 9.75. The quantitative estimate of drug-likeness (QED) is 0.648. The lowest BCUT2D eigenvalue weighted by Crippen LogP contribution is -2.33. The minimum atomic E-state index is -0.759. The lowest BCUT2D eigenvalue weighted by Gasteiger charge is -2.38. The fourth-order valence-electron chi connectivity index (χ4n) is 4.56. The molecule has 0 spiro atoms. The van der Waals surface area contributed by atoms with E-state index in [1.807, 2.05) is 12.1 Å². The summed E-state index contributed by atoms with van der Waals surface area (Å²) in [4.78, 5) is 0. The van der Waals surface area contributed by atoms with E-state index in [0.29, 0.717) is 17.8 Å². The number of hydrogen-bond acceptors (Lipinski definition) is 2. The Morgan fingerprint density at radius 3 is 2.38 bits per heavy atom. The number of rotatable bonds is 6. The summed E-state index contributed by atoms with van der Waals surface area (Å²) < 4.78 is 23.3. The van der Waals surface area contributed by atoms with Crippen LogP contribution in [0.4, 0.5) is 4.39 Å². The summed E-state index contributed by atoms with van der Waals surface area (Å²) in [5.41, 5.74) is 1.37. The molecule has 0 amide bonds. The van der Waals surface area contributed by atoms with Crippen LogP contribution in [0.25, 0.3) is 0 Å². The van der Waals surface area contributed by atoms with E-state index < -0.39 is 6.86 Å². The predicted octanol–water partition coefficient (Wildman–Crippen LogP) is 5.86. The maximum absolute atomic E-state index is 12.2. The monoisotopic (exact) mass is 334 g/mol. The topological polar surface area (TPSA) is 18.5 Å². The molecule has 2 nitrogen and oxygen atoms in total. The largest absolute Gasteiger partial charge is 0.463 e. The summed E-state index contributed by atoms with van der Waals surface area (Å²) in [5, 5.41) is 0. The second-order valence-electron chi connectivity index (χ2n) is 7.54. The molecule has 3 rings (SSSR count). The molecule has 2 atom stereocenters. The maximum atomic E-state index is 12.2. The molecule has 1 saturated heterocycles. The van der Waals surface area contributed by atoms with E-state index in [1.54, 1.807) is 0 Å². The zero-order chi connectivity index (χ0) is 16.8. The van der Waals surface area contributed by atoms with Crippen LogP contribution in [0.2, 0.25) is 0 Å². The summed E-state index contributed by atoms with van der Waals surface area (Å²) in [6, 6.07) is 7.98. The van der Waals surface area contributed by atoms with Gasteiger partial charge in [0.25, 0.3) is 0 Å². The second-order valence-corrected chi connectivity index (χ2v) is 7.54. The Balaban J connectivity index is 1.45. The molecule has 2 aliphatic rings. The zero-order valence-electron chi connectivity index (χ0n) is 14.9. The van der Waals surface area contributed by atoms with E-state index in [0.717, 1.165) is 18.4 Å². The van der Waals surface area contributed by atoms with Gasteiger partial charge in [-0.15, -0.1) is 0 Å². The van der Waals surface area contributed by atoms with E-state index in [-0.39, 0.29) is 0 Å². The fourth-order valence-corrected chi connectivity index (χ4v) is 4.56. The Labute approximate surface area is 145 Å². The third-order valence-electron chi connectivity index (χ3n) is 5.97. The molecule has 1 aromatic rings. The van der Waals surface area contributed by atoms with E-state index >= 15 is 0 Å². The molecule has 2 fully saturated rings. The van der Waals surface area contributed by atoms with Crippen molar-refractivity contribution in [1.29, 1.82) is 0 Å². The van der Waals surface area contributed by atoms with Crippen LogP contribution in [0.3, 0.4) is 0 Å². The minimum absolute atomic E-state index is 0.499. The number of benzene rings is 1. The van der Waals surface area contributed by atoms with E-state index in [1.165, 1.54) is 56.9 Å². The normalized spacial score (nSPS) is 30.9. The van der Waals surface area contributed by atoms with Gasteiger partial charge in [0.15, 0.2) is 0 Å². The van der Waals surface area contributed by atoms with Crippen molar-refractivity contribution in [2.75, 3.05) is 13.5 Å². The van der Waals surface area contributed by atoms with Gasteiger partial charge in [0.05, 0.1) is 6.10 Å². The van der Waals surface area contributed by atoms with Crippen LogP contribution in [0.5, 0.6) is 5.75 Å². The highest BCUT2D eigenvalue weighted by Crippen LogP contribution is 2.40. The molecule has 24 heavy (non-hydrogen) atoms. The third-order valence-corrected chi connectivity index (χ3v) is 5.97. The fraction of sp³-hybridized carbons (Fsp3) is 0.714. The minimum Gasteiger partial charge on any atom is -0.463 e. The van der Waals surface area contributed by atoms with Gasteiger partial charge < -0.3 is 9.47 Å². The van der Waals surface area contributed by atoms with Gasteiger partial charge in [-0.2, -0.15) is 0 Å². The van der Waals surface area contributed by atoms with E-state index in [4.69, 9.17) is 9.47 Å². The highest BCUT2D eigenvalue weighted by Gasteiger charge is 2.31. The van der Waals surface area contributed by atoms with Gasteiger partial charge in [-0.05, 0) is 80.4 Å². The smallest absolute Gasteiger partial charge is 0.228 e. The summed E-state index contributed by atoms with van der Waals surface area (Å²) in [7, 11) is 0. The number of alkyl halides is 1. The first-order valence-corrected chi connectivity index (χ1v) is 9.70. The van der Waals surface area contributed by atoms with Crippen molar-refractivity contribution in [2.45, 2.75) is 70.3 Å². The van der Waals surface area contributed by atoms with Crippen molar-refractivity contribution in [3.05, 3.63) is 29.8 Å². The van der Waals surface area contributed by atoms with Crippen LogP contribution in [-0.2, 0) is 4.74 Å². The molecule has 1 aliphatic heterocycles. The lowest BCUT2D eigenvalue weighted by molar-refractivity contribution is -0.0575. The molecule has 1 aliphatic carbocycles. The maximum Gasteiger partial charge on any atom is 0.228 e. The predicted molar refractivity (Wildman–Crippen MR) is 95.1 cm³/mol. The zero-order valence-corrected chi connectivity index (χ0v) is 14.9. The van der Waals surface area contributed by atoms with Crippen molar-refractivity contribution in [3.8, 4) is 5.75 Å². The second kappa shape index (κ2) is 8.84. The first-order valence-electron chi connectivity index (χ1n) is 9.70. The Bertz CT molecular complexity index is 471. The first-order chi connectivity index (χ1) is 11.8. The van der Waals surface area contributed by atoms with Gasteiger partial charge in [-0.1, -0.05) is 25.5 Å². The van der Waals surface area contributed by atoms with Crippen LogP contribution in [0, 0.1) is 11.8 Å². The van der Waals surface area contributed by atoms with Crippen LogP contribution in [-0.4, -0.2) is 19.6 Å². The molecular weight excluding hydrogens is 303 g/mol. The molecule has 0 bridgehead atoms. The SMILES string of the molecule is CCCC1CCC(C2CCC(c3ccc(OCF)cc3)CC2)OC1. The van der Waals surface area contributed by atoms with Gasteiger partial charge >= 0.3 is 0 Å². The van der Waals surface area contributed by atoms with Crippen molar-refractivity contribution >= 4 is 0 Å². The van der Waals surface area contributed by atoms with Gasteiger partial charge in [0.2, 0.25) is 6.86 Å². The van der Waals surface area contributed by atoms with Gasteiger partial charge in [0, 0.05) is 6.61 Å².